The van der Waals surface area contributed by atoms with Crippen LogP contribution in [0.3, 0.4) is 0 Å². The fourth-order valence-corrected chi connectivity index (χ4v) is 2.43. The van der Waals surface area contributed by atoms with Gasteiger partial charge in [0.2, 0.25) is 0 Å². The molecule has 0 saturated heterocycles. The summed E-state index contributed by atoms with van der Waals surface area (Å²) >= 11 is 0. The molecule has 0 radical (unpaired) electrons. The van der Waals surface area contributed by atoms with Crippen molar-refractivity contribution in [2.24, 2.45) is 0 Å². The highest BCUT2D eigenvalue weighted by Gasteiger charge is 2.27. The van der Waals surface area contributed by atoms with Crippen LogP contribution in [-0.4, -0.2) is 11.3 Å². The Balaban J connectivity index is 2.08. The number of aromatic nitrogens is 1. The molecule has 16 heavy (non-hydrogen) atoms. The molecule has 3 rings (SSSR count). The van der Waals surface area contributed by atoms with E-state index >= 15 is 0 Å². The van der Waals surface area contributed by atoms with Crippen LogP contribution in [0.2, 0.25) is 0 Å². The molecule has 1 aliphatic rings. The molecule has 3 nitrogen and oxygen atoms in total. The van der Waals surface area contributed by atoms with E-state index in [2.05, 4.69) is 11.1 Å². The lowest BCUT2D eigenvalue weighted by molar-refractivity contribution is 0.109. The van der Waals surface area contributed by atoms with Gasteiger partial charge in [-0.15, -0.1) is 0 Å². The summed E-state index contributed by atoms with van der Waals surface area (Å²) in [6, 6.07) is 5.93. The summed E-state index contributed by atoms with van der Waals surface area (Å²) in [6.45, 7) is 0. The Morgan fingerprint density at radius 1 is 1.44 bits per heavy atom. The van der Waals surface area contributed by atoms with Gasteiger partial charge in [-0.3, -0.25) is 9.78 Å². The van der Waals surface area contributed by atoms with Gasteiger partial charge in [0.15, 0.2) is 12.0 Å². The molecule has 0 saturated carbocycles. The molecule has 1 atom stereocenters. The number of hydrogen-bond donors (Lipinski definition) is 0. The number of aryl methyl sites for hydroxylation is 1. The zero-order valence-electron chi connectivity index (χ0n) is 8.72. The molecule has 1 unspecified atom stereocenters. The number of nitrogens with zero attached hydrogens (tertiary/aromatic N) is 1. The smallest absolute Gasteiger partial charge is 0.185 e. The van der Waals surface area contributed by atoms with Crippen molar-refractivity contribution in [2.45, 2.75) is 18.8 Å². The number of aldehydes is 1. The predicted octanol–water partition coefficient (Wildman–Crippen LogP) is 2.57. The Labute approximate surface area is 93.1 Å². The molecule has 0 spiro atoms. The van der Waals surface area contributed by atoms with E-state index in [4.69, 9.17) is 4.42 Å². The second kappa shape index (κ2) is 3.59. The van der Waals surface area contributed by atoms with Gasteiger partial charge in [0.25, 0.3) is 0 Å². The van der Waals surface area contributed by atoms with Crippen molar-refractivity contribution in [1.82, 2.24) is 4.98 Å². The molecule has 3 heteroatoms. The monoisotopic (exact) mass is 213 g/mol. The van der Waals surface area contributed by atoms with E-state index in [1.54, 1.807) is 12.5 Å². The number of furan rings is 1. The lowest BCUT2D eigenvalue weighted by atomic mass is 9.97. The van der Waals surface area contributed by atoms with Crippen molar-refractivity contribution in [1.29, 1.82) is 0 Å². The van der Waals surface area contributed by atoms with E-state index < -0.39 is 0 Å². The average molecular weight is 213 g/mol. The highest BCUT2D eigenvalue weighted by atomic mass is 16.3. The fraction of sp³-hybridized carbons (Fsp3) is 0.231. The average Bonchev–Trinajstić information content (AvgIpc) is 2.94. The molecule has 2 aromatic heterocycles. The summed E-state index contributed by atoms with van der Waals surface area (Å²) in [5.74, 6) is 0.652. The van der Waals surface area contributed by atoms with Gasteiger partial charge in [-0.05, 0) is 30.5 Å². The van der Waals surface area contributed by atoms with E-state index in [0.717, 1.165) is 30.4 Å². The molecule has 80 valence electrons. The van der Waals surface area contributed by atoms with Gasteiger partial charge in [0, 0.05) is 17.7 Å². The van der Waals surface area contributed by atoms with Crippen molar-refractivity contribution in [3.05, 3.63) is 53.2 Å². The summed E-state index contributed by atoms with van der Waals surface area (Å²) < 4.78 is 5.15. The van der Waals surface area contributed by atoms with E-state index in [9.17, 15) is 4.79 Å². The second-order valence-electron chi connectivity index (χ2n) is 4.00. The normalized spacial score (nSPS) is 18.4. The minimum atomic E-state index is 0.218. The number of carbonyl (C=O) groups is 1. The maximum Gasteiger partial charge on any atom is 0.185 e. The van der Waals surface area contributed by atoms with E-state index in [1.807, 2.05) is 12.1 Å². The van der Waals surface area contributed by atoms with Gasteiger partial charge < -0.3 is 4.42 Å². The highest BCUT2D eigenvalue weighted by molar-refractivity contribution is 5.74. The molecule has 2 aromatic rings. The zero-order chi connectivity index (χ0) is 11.0. The first-order valence-electron chi connectivity index (χ1n) is 5.36. The Morgan fingerprint density at radius 3 is 3.25 bits per heavy atom. The first-order valence-corrected chi connectivity index (χ1v) is 5.36. The van der Waals surface area contributed by atoms with Crippen LogP contribution in [0.1, 0.15) is 39.7 Å². The topological polar surface area (TPSA) is 43.1 Å². The van der Waals surface area contributed by atoms with Crippen molar-refractivity contribution >= 4 is 6.29 Å². The lowest BCUT2D eigenvalue weighted by Crippen LogP contribution is -1.99. The number of pyridine rings is 1. The van der Waals surface area contributed by atoms with Crippen LogP contribution >= 0.6 is 0 Å². The second-order valence-corrected chi connectivity index (χ2v) is 4.00. The van der Waals surface area contributed by atoms with Crippen molar-refractivity contribution in [3.8, 4) is 0 Å². The minimum absolute atomic E-state index is 0.218. The standard InChI is InChI=1S/C13H11NO2/c15-8-12-10(5-7-16-12)11-4-3-9-2-1-6-14-13(9)11/h1-2,5-8,11H,3-4H2. The van der Waals surface area contributed by atoms with Crippen LogP contribution in [-0.2, 0) is 6.42 Å². The van der Waals surface area contributed by atoms with Gasteiger partial charge in [-0.2, -0.15) is 0 Å². The van der Waals surface area contributed by atoms with Crippen LogP contribution < -0.4 is 0 Å². The molecule has 0 aromatic carbocycles. The van der Waals surface area contributed by atoms with Gasteiger partial charge in [-0.25, -0.2) is 0 Å². The summed E-state index contributed by atoms with van der Waals surface area (Å²) in [4.78, 5) is 15.3. The minimum Gasteiger partial charge on any atom is -0.461 e. The van der Waals surface area contributed by atoms with Crippen LogP contribution in [0.25, 0.3) is 0 Å². The molecular formula is C13H11NO2. The van der Waals surface area contributed by atoms with Gasteiger partial charge >= 0.3 is 0 Å². The third-order valence-corrected chi connectivity index (χ3v) is 3.17. The maximum absolute atomic E-state index is 10.8. The van der Waals surface area contributed by atoms with Gasteiger partial charge in [0.05, 0.1) is 12.0 Å². The number of carbonyl (C=O) groups excluding carboxylic acids is 1. The van der Waals surface area contributed by atoms with Gasteiger partial charge in [-0.1, -0.05) is 6.07 Å². The SMILES string of the molecule is O=Cc1occc1C1CCc2cccnc21. The molecule has 0 aliphatic heterocycles. The molecule has 0 bridgehead atoms. The van der Waals surface area contributed by atoms with Crippen molar-refractivity contribution < 1.29 is 9.21 Å². The lowest BCUT2D eigenvalue weighted by Gasteiger charge is -2.08. The quantitative estimate of drug-likeness (QED) is 0.720. The number of hydrogen-bond acceptors (Lipinski definition) is 3. The Hall–Kier alpha value is -1.90. The van der Waals surface area contributed by atoms with E-state index in [-0.39, 0.29) is 5.92 Å². The molecule has 0 amide bonds. The third kappa shape index (κ3) is 1.28. The maximum atomic E-state index is 10.8. The number of fused-ring (bicyclic) bond motifs is 1. The number of rotatable bonds is 2. The summed E-state index contributed by atoms with van der Waals surface area (Å²) in [7, 11) is 0. The summed E-state index contributed by atoms with van der Waals surface area (Å²) in [5.41, 5.74) is 3.34. The van der Waals surface area contributed by atoms with Gasteiger partial charge in [0.1, 0.15) is 0 Å². The van der Waals surface area contributed by atoms with E-state index in [0.29, 0.717) is 5.76 Å². The molecule has 0 fully saturated rings. The van der Waals surface area contributed by atoms with Crippen LogP contribution in [0.4, 0.5) is 0 Å². The molecule has 1 aliphatic carbocycles. The summed E-state index contributed by atoms with van der Waals surface area (Å²) in [5, 5.41) is 0. The van der Waals surface area contributed by atoms with Crippen LogP contribution in [0.15, 0.2) is 35.1 Å². The van der Waals surface area contributed by atoms with Crippen LogP contribution in [0.5, 0.6) is 0 Å². The molecule has 0 N–H and O–H groups in total. The van der Waals surface area contributed by atoms with Crippen LogP contribution in [0, 0.1) is 0 Å². The predicted molar refractivity (Wildman–Crippen MR) is 58.5 cm³/mol. The Morgan fingerprint density at radius 2 is 2.38 bits per heavy atom. The zero-order valence-corrected chi connectivity index (χ0v) is 8.72. The summed E-state index contributed by atoms with van der Waals surface area (Å²) in [6.07, 6.45) is 6.18. The fourth-order valence-electron chi connectivity index (χ4n) is 2.43. The Kier molecular flexibility index (Phi) is 2.10. The van der Waals surface area contributed by atoms with Crippen molar-refractivity contribution in [3.63, 3.8) is 0 Å². The molecular weight excluding hydrogens is 202 g/mol. The molecule has 2 heterocycles. The Bertz CT molecular complexity index is 530. The first-order chi connectivity index (χ1) is 7.90. The van der Waals surface area contributed by atoms with E-state index in [1.165, 1.54) is 5.56 Å². The largest absolute Gasteiger partial charge is 0.461 e. The third-order valence-electron chi connectivity index (χ3n) is 3.17. The van der Waals surface area contributed by atoms with Crippen molar-refractivity contribution in [2.75, 3.05) is 0 Å². The first kappa shape index (κ1) is 9.33. The highest BCUT2D eigenvalue weighted by Crippen LogP contribution is 2.37.